The minimum absolute atomic E-state index is 0.207. The Labute approximate surface area is 150 Å². The largest absolute Gasteiger partial charge is 0.416 e. The molecule has 6 nitrogen and oxygen atoms in total. The highest BCUT2D eigenvalue weighted by Gasteiger charge is 2.27. The number of nitrogens with zero attached hydrogens (tertiary/aromatic N) is 3. The molecule has 0 N–H and O–H groups in total. The zero-order valence-electron chi connectivity index (χ0n) is 13.8. The van der Waals surface area contributed by atoms with Crippen molar-refractivity contribution in [3.63, 3.8) is 0 Å². The van der Waals surface area contributed by atoms with E-state index < -0.39 is 10.0 Å². The molecule has 1 aromatic heterocycles. The summed E-state index contributed by atoms with van der Waals surface area (Å²) in [5.74, 6) is 0.101. The molecule has 26 heavy (non-hydrogen) atoms. The smallest absolute Gasteiger partial charge is 0.248 e. The molecule has 8 heteroatoms. The van der Waals surface area contributed by atoms with Gasteiger partial charge in [-0.3, -0.25) is 0 Å². The van der Waals surface area contributed by atoms with Crippen LogP contribution in [-0.4, -0.2) is 36.0 Å². The van der Waals surface area contributed by atoms with Gasteiger partial charge in [-0.1, -0.05) is 6.07 Å². The summed E-state index contributed by atoms with van der Waals surface area (Å²) in [4.78, 5) is 0.207. The lowest BCUT2D eigenvalue weighted by atomic mass is 10.2. The first-order chi connectivity index (χ1) is 12.5. The molecule has 1 aliphatic heterocycles. The second-order valence-electron chi connectivity index (χ2n) is 6.06. The average Bonchev–Trinajstić information content (AvgIpc) is 3.35. The molecular weight excluding hydrogens is 357 g/mol. The summed E-state index contributed by atoms with van der Waals surface area (Å²) in [7, 11) is -3.52. The summed E-state index contributed by atoms with van der Waals surface area (Å²) in [6, 6.07) is 12.2. The molecule has 1 fully saturated rings. The number of hydrogen-bond acceptors (Lipinski definition) is 5. The van der Waals surface area contributed by atoms with Crippen LogP contribution in [0.1, 0.15) is 12.8 Å². The first kappa shape index (κ1) is 16.9. The zero-order chi connectivity index (χ0) is 18.1. The molecule has 1 aliphatic rings. The molecule has 134 valence electrons. The van der Waals surface area contributed by atoms with Crippen LogP contribution in [0.4, 0.5) is 4.39 Å². The van der Waals surface area contributed by atoms with Crippen LogP contribution in [0.2, 0.25) is 0 Å². The van der Waals surface area contributed by atoms with Gasteiger partial charge in [-0.25, -0.2) is 12.8 Å². The molecule has 0 unspecified atom stereocenters. The third-order valence-electron chi connectivity index (χ3n) is 4.30. The molecule has 2 heterocycles. The van der Waals surface area contributed by atoms with Gasteiger partial charge < -0.3 is 4.42 Å². The van der Waals surface area contributed by atoms with Gasteiger partial charge in [0.1, 0.15) is 5.82 Å². The van der Waals surface area contributed by atoms with Crippen molar-refractivity contribution in [2.24, 2.45) is 0 Å². The molecule has 0 amide bonds. The summed E-state index contributed by atoms with van der Waals surface area (Å²) in [6.45, 7) is 1.09. The fourth-order valence-electron chi connectivity index (χ4n) is 2.92. The van der Waals surface area contributed by atoms with Crippen LogP contribution in [0.15, 0.2) is 57.8 Å². The Kier molecular flexibility index (Phi) is 4.29. The van der Waals surface area contributed by atoms with Crippen molar-refractivity contribution in [1.29, 1.82) is 0 Å². The first-order valence-corrected chi connectivity index (χ1v) is 9.68. The molecule has 3 aromatic rings. The van der Waals surface area contributed by atoms with Crippen molar-refractivity contribution in [1.82, 2.24) is 14.5 Å². The normalized spacial score (nSPS) is 15.4. The van der Waals surface area contributed by atoms with Gasteiger partial charge in [0.05, 0.1) is 4.90 Å². The van der Waals surface area contributed by atoms with Gasteiger partial charge in [0.25, 0.3) is 0 Å². The van der Waals surface area contributed by atoms with E-state index in [0.717, 1.165) is 12.8 Å². The summed E-state index contributed by atoms with van der Waals surface area (Å²) >= 11 is 0. The fourth-order valence-corrected chi connectivity index (χ4v) is 4.48. The molecule has 2 aromatic carbocycles. The van der Waals surface area contributed by atoms with Gasteiger partial charge in [-0.15, -0.1) is 10.2 Å². The highest BCUT2D eigenvalue weighted by molar-refractivity contribution is 7.89. The third-order valence-corrected chi connectivity index (χ3v) is 6.19. The minimum Gasteiger partial charge on any atom is -0.416 e. The summed E-state index contributed by atoms with van der Waals surface area (Å²) in [5, 5.41) is 7.95. The number of benzene rings is 2. The SMILES string of the molecule is O=S(=O)(c1cccc(-c2nnc(-c3ccc(F)cc3)o2)c1)N1CCCC1. The maximum Gasteiger partial charge on any atom is 0.248 e. The van der Waals surface area contributed by atoms with Gasteiger partial charge >= 0.3 is 0 Å². The standard InChI is InChI=1S/C18H16FN3O3S/c19-15-8-6-13(7-9-15)17-20-21-18(25-17)14-4-3-5-16(12-14)26(23,24)22-10-1-2-11-22/h3-9,12H,1-2,10-11H2. The highest BCUT2D eigenvalue weighted by Crippen LogP contribution is 2.27. The summed E-state index contributed by atoms with van der Waals surface area (Å²) < 4.78 is 45.6. The lowest BCUT2D eigenvalue weighted by Crippen LogP contribution is -2.27. The van der Waals surface area contributed by atoms with E-state index in [1.54, 1.807) is 30.3 Å². The van der Waals surface area contributed by atoms with Crippen molar-refractivity contribution in [2.75, 3.05) is 13.1 Å². The Balaban J connectivity index is 1.66. The molecule has 0 bridgehead atoms. The van der Waals surface area contributed by atoms with Crippen LogP contribution >= 0.6 is 0 Å². The van der Waals surface area contributed by atoms with Crippen LogP contribution < -0.4 is 0 Å². The number of rotatable bonds is 4. The van der Waals surface area contributed by atoms with E-state index in [2.05, 4.69) is 10.2 Å². The zero-order valence-corrected chi connectivity index (χ0v) is 14.6. The lowest BCUT2D eigenvalue weighted by molar-refractivity contribution is 0.477. The third kappa shape index (κ3) is 3.13. The second kappa shape index (κ2) is 6.62. The molecule has 0 atom stereocenters. The van der Waals surface area contributed by atoms with E-state index in [0.29, 0.717) is 24.2 Å². The number of aromatic nitrogens is 2. The monoisotopic (exact) mass is 373 g/mol. The van der Waals surface area contributed by atoms with Crippen molar-refractivity contribution in [3.8, 4) is 22.9 Å². The Morgan fingerprint density at radius 2 is 1.58 bits per heavy atom. The Bertz CT molecular complexity index is 1030. The topological polar surface area (TPSA) is 76.3 Å². The number of sulfonamides is 1. The van der Waals surface area contributed by atoms with Crippen molar-refractivity contribution >= 4 is 10.0 Å². The predicted molar refractivity (Wildman–Crippen MR) is 93.1 cm³/mol. The van der Waals surface area contributed by atoms with E-state index >= 15 is 0 Å². The maximum absolute atomic E-state index is 13.0. The number of hydrogen-bond donors (Lipinski definition) is 0. The van der Waals surface area contributed by atoms with Gasteiger partial charge in [0.2, 0.25) is 21.8 Å². The van der Waals surface area contributed by atoms with Gasteiger partial charge in [0.15, 0.2) is 0 Å². The van der Waals surface area contributed by atoms with Gasteiger partial charge in [-0.2, -0.15) is 4.31 Å². The molecule has 0 aliphatic carbocycles. The summed E-state index contributed by atoms with van der Waals surface area (Å²) in [5.41, 5.74) is 1.11. The first-order valence-electron chi connectivity index (χ1n) is 8.24. The van der Waals surface area contributed by atoms with E-state index in [1.165, 1.54) is 22.5 Å². The molecule has 0 spiro atoms. The van der Waals surface area contributed by atoms with Crippen LogP contribution in [-0.2, 0) is 10.0 Å². The van der Waals surface area contributed by atoms with Crippen LogP contribution in [0.25, 0.3) is 22.9 Å². The molecule has 1 saturated heterocycles. The van der Waals surface area contributed by atoms with E-state index in [1.807, 2.05) is 0 Å². The quantitative estimate of drug-likeness (QED) is 0.701. The predicted octanol–water partition coefficient (Wildman–Crippen LogP) is 3.33. The molecular formula is C18H16FN3O3S. The van der Waals surface area contributed by atoms with Crippen molar-refractivity contribution < 1.29 is 17.2 Å². The lowest BCUT2D eigenvalue weighted by Gasteiger charge is -2.15. The molecule has 0 radical (unpaired) electrons. The Morgan fingerprint density at radius 1 is 0.923 bits per heavy atom. The van der Waals surface area contributed by atoms with E-state index in [-0.39, 0.29) is 22.5 Å². The highest BCUT2D eigenvalue weighted by atomic mass is 32.2. The molecule has 4 rings (SSSR count). The Hall–Kier alpha value is -2.58. The van der Waals surface area contributed by atoms with Crippen LogP contribution in [0, 0.1) is 5.82 Å². The van der Waals surface area contributed by atoms with Gasteiger partial charge in [-0.05, 0) is 55.3 Å². The number of halogens is 1. The van der Waals surface area contributed by atoms with Crippen molar-refractivity contribution in [2.45, 2.75) is 17.7 Å². The van der Waals surface area contributed by atoms with Crippen molar-refractivity contribution in [3.05, 3.63) is 54.3 Å². The van der Waals surface area contributed by atoms with E-state index in [4.69, 9.17) is 4.42 Å². The minimum atomic E-state index is -3.52. The van der Waals surface area contributed by atoms with E-state index in [9.17, 15) is 12.8 Å². The van der Waals surface area contributed by atoms with Crippen LogP contribution in [0.5, 0.6) is 0 Å². The summed E-state index contributed by atoms with van der Waals surface area (Å²) in [6.07, 6.45) is 1.76. The van der Waals surface area contributed by atoms with Crippen LogP contribution in [0.3, 0.4) is 0 Å². The fraction of sp³-hybridized carbons (Fsp3) is 0.222. The van der Waals surface area contributed by atoms with Gasteiger partial charge in [0, 0.05) is 24.2 Å². The molecule has 0 saturated carbocycles. The average molecular weight is 373 g/mol. The second-order valence-corrected chi connectivity index (χ2v) is 8.00. The Morgan fingerprint density at radius 3 is 2.27 bits per heavy atom. The maximum atomic E-state index is 13.0.